The Bertz CT molecular complexity index is 1740. The molecule has 0 radical (unpaired) electrons. The van der Waals surface area contributed by atoms with Crippen molar-refractivity contribution in [3.05, 3.63) is 158 Å². The van der Waals surface area contributed by atoms with Gasteiger partial charge in [-0.2, -0.15) is 0 Å². The summed E-state index contributed by atoms with van der Waals surface area (Å²) >= 11 is 0. The minimum atomic E-state index is -0.844. The Morgan fingerprint density at radius 2 is 0.532 bits per heavy atom. The maximum Gasteiger partial charge on any atom is 0.306 e. The highest BCUT2D eigenvalue weighted by atomic mass is 16.6. The van der Waals surface area contributed by atoms with Gasteiger partial charge in [-0.05, 0) is 135 Å². The molecule has 0 bridgehead atoms. The maximum absolute atomic E-state index is 12.9. The number of ether oxygens (including phenoxy) is 3. The molecule has 1 unspecified atom stereocenters. The zero-order valence-electron chi connectivity index (χ0n) is 49.4. The summed E-state index contributed by atoms with van der Waals surface area (Å²) in [5.74, 6) is -1.05. The summed E-state index contributed by atoms with van der Waals surface area (Å²) in [6.45, 7) is 6.30. The smallest absolute Gasteiger partial charge is 0.306 e. The first-order valence-electron chi connectivity index (χ1n) is 31.0. The fourth-order valence-corrected chi connectivity index (χ4v) is 7.94. The number of rotatable bonds is 54. The highest BCUT2D eigenvalue weighted by Crippen LogP contribution is 2.14. The van der Waals surface area contributed by atoms with Gasteiger partial charge in [-0.25, -0.2) is 0 Å². The van der Waals surface area contributed by atoms with Crippen LogP contribution in [0, 0.1) is 0 Å². The normalized spacial score (nSPS) is 13.2. The first-order valence-corrected chi connectivity index (χ1v) is 31.0. The van der Waals surface area contributed by atoms with Crippen LogP contribution in [0.1, 0.15) is 252 Å². The van der Waals surface area contributed by atoms with Crippen molar-refractivity contribution in [2.24, 2.45) is 0 Å². The minimum Gasteiger partial charge on any atom is -0.462 e. The maximum atomic E-state index is 12.9. The van der Waals surface area contributed by atoms with Crippen molar-refractivity contribution in [2.45, 2.75) is 258 Å². The molecule has 0 saturated carbocycles. The van der Waals surface area contributed by atoms with Crippen LogP contribution >= 0.6 is 0 Å². The zero-order chi connectivity index (χ0) is 55.7. The zero-order valence-corrected chi connectivity index (χ0v) is 49.4. The third-order valence-corrected chi connectivity index (χ3v) is 12.5. The third kappa shape index (κ3) is 61.8. The predicted octanol–water partition coefficient (Wildman–Crippen LogP) is 21.3. The Hall–Kier alpha value is -4.97. The fourth-order valence-electron chi connectivity index (χ4n) is 7.94. The highest BCUT2D eigenvalue weighted by Gasteiger charge is 2.19. The van der Waals surface area contributed by atoms with E-state index in [4.69, 9.17) is 14.2 Å². The van der Waals surface area contributed by atoms with E-state index in [9.17, 15) is 14.4 Å². The number of hydrogen-bond acceptors (Lipinski definition) is 6. The first-order chi connectivity index (χ1) is 38.0. The molecule has 1 atom stereocenters. The van der Waals surface area contributed by atoms with Gasteiger partial charge in [-0.15, -0.1) is 0 Å². The van der Waals surface area contributed by atoms with E-state index in [-0.39, 0.29) is 31.6 Å². The number of carbonyl (C=O) groups is 3. The highest BCUT2D eigenvalue weighted by molar-refractivity contribution is 5.71. The lowest BCUT2D eigenvalue weighted by atomic mass is 10.1. The lowest BCUT2D eigenvalue weighted by molar-refractivity contribution is -0.166. The van der Waals surface area contributed by atoms with Gasteiger partial charge in [0.2, 0.25) is 0 Å². The molecule has 0 heterocycles. The average Bonchev–Trinajstić information content (AvgIpc) is 3.43. The monoisotopic (exact) mass is 1060 g/mol. The van der Waals surface area contributed by atoms with Crippen LogP contribution in [0.15, 0.2) is 158 Å². The lowest BCUT2D eigenvalue weighted by Crippen LogP contribution is -2.30. The summed E-state index contributed by atoms with van der Waals surface area (Å²) in [5, 5.41) is 0. The second kappa shape index (κ2) is 63.6. The van der Waals surface area contributed by atoms with Crippen LogP contribution < -0.4 is 0 Å². The lowest BCUT2D eigenvalue weighted by Gasteiger charge is -2.18. The van der Waals surface area contributed by atoms with Crippen LogP contribution in [-0.2, 0) is 28.6 Å². The fraction of sp³-hybridized carbons (Fsp3) is 0.592. The molecule has 0 rings (SSSR count). The van der Waals surface area contributed by atoms with Gasteiger partial charge in [0, 0.05) is 19.3 Å². The van der Waals surface area contributed by atoms with E-state index in [1.54, 1.807) is 0 Å². The van der Waals surface area contributed by atoms with Crippen molar-refractivity contribution < 1.29 is 28.6 Å². The van der Waals surface area contributed by atoms with Crippen LogP contribution in [-0.4, -0.2) is 37.2 Å². The Kier molecular flexibility index (Phi) is 59.5. The quantitative estimate of drug-likeness (QED) is 0.0261. The molecule has 0 N–H and O–H groups in total. The van der Waals surface area contributed by atoms with E-state index >= 15 is 0 Å². The van der Waals surface area contributed by atoms with Crippen molar-refractivity contribution in [3.63, 3.8) is 0 Å². The molecule has 6 nitrogen and oxygen atoms in total. The van der Waals surface area contributed by atoms with Crippen molar-refractivity contribution >= 4 is 17.9 Å². The summed E-state index contributed by atoms with van der Waals surface area (Å²) in [6.07, 6.45) is 92.5. The van der Waals surface area contributed by atoms with E-state index in [0.29, 0.717) is 19.3 Å². The minimum absolute atomic E-state index is 0.128. The van der Waals surface area contributed by atoms with Gasteiger partial charge in [-0.3, -0.25) is 14.4 Å². The molecular formula is C71H112O6. The van der Waals surface area contributed by atoms with E-state index in [1.807, 2.05) is 12.2 Å². The van der Waals surface area contributed by atoms with Crippen LogP contribution in [0.5, 0.6) is 0 Å². The predicted molar refractivity (Wildman–Crippen MR) is 334 cm³/mol. The van der Waals surface area contributed by atoms with E-state index < -0.39 is 12.1 Å². The van der Waals surface area contributed by atoms with Gasteiger partial charge >= 0.3 is 17.9 Å². The molecule has 6 heteroatoms. The number of allylic oxidation sites excluding steroid dienone is 26. The molecule has 0 aromatic carbocycles. The molecule has 0 spiro atoms. The van der Waals surface area contributed by atoms with Crippen LogP contribution in [0.2, 0.25) is 0 Å². The SMILES string of the molecule is CC/C=C\C/C=C\C/C=C\C/C=C\C/C=C\C/C=C\CCC(=O)OC(COC(=O)CCCCC/C=C\C/C=C\C/C=C\C/C=C\C/C=C\CC)COC(=O)CCCCCCCCCCC/C=C\C/C=C\CCCCCCC. The van der Waals surface area contributed by atoms with Gasteiger partial charge in [0.15, 0.2) is 6.10 Å². The largest absolute Gasteiger partial charge is 0.462 e. The van der Waals surface area contributed by atoms with Gasteiger partial charge in [0.1, 0.15) is 13.2 Å². The number of hydrogen-bond donors (Lipinski definition) is 0. The second-order valence-electron chi connectivity index (χ2n) is 19.8. The average molecular weight is 1060 g/mol. The second-order valence-corrected chi connectivity index (χ2v) is 19.8. The Morgan fingerprint density at radius 3 is 0.857 bits per heavy atom. The van der Waals surface area contributed by atoms with Crippen molar-refractivity contribution in [1.29, 1.82) is 0 Å². The Labute approximate surface area is 473 Å². The van der Waals surface area contributed by atoms with Crippen LogP contribution in [0.25, 0.3) is 0 Å². The molecular weight excluding hydrogens is 949 g/mol. The Morgan fingerprint density at radius 1 is 0.273 bits per heavy atom. The molecule has 0 amide bonds. The van der Waals surface area contributed by atoms with Gasteiger partial charge in [0.05, 0.1) is 0 Å². The number of unbranched alkanes of at least 4 members (excludes halogenated alkanes) is 17. The van der Waals surface area contributed by atoms with Crippen LogP contribution in [0.3, 0.4) is 0 Å². The Balaban J connectivity index is 4.58. The summed E-state index contributed by atoms with van der Waals surface area (Å²) < 4.78 is 16.8. The summed E-state index contributed by atoms with van der Waals surface area (Å²) in [7, 11) is 0. The summed E-state index contributed by atoms with van der Waals surface area (Å²) in [4.78, 5) is 38.3. The molecule has 0 fully saturated rings. The molecule has 77 heavy (non-hydrogen) atoms. The molecule has 0 aromatic heterocycles. The molecule has 432 valence electrons. The van der Waals surface area contributed by atoms with Crippen molar-refractivity contribution in [1.82, 2.24) is 0 Å². The van der Waals surface area contributed by atoms with Gasteiger partial charge in [0.25, 0.3) is 0 Å². The summed E-state index contributed by atoms with van der Waals surface area (Å²) in [6, 6.07) is 0. The standard InChI is InChI=1S/C71H112O6/c1-4-7-10-13-16-19-22-25-28-31-34-35-38-40-43-46-49-52-55-58-61-64-70(73)76-67-68(77-71(74)65-62-59-56-53-50-47-44-41-37-33-30-27-24-21-18-15-12-9-6-3)66-75-69(72)63-60-57-54-51-48-45-42-39-36-32-29-26-23-20-17-14-11-8-5-2/h8-9,11-12,17-18,20-22,25-27,29-31,34,36-37,39,41,45,47-48,50,56,59,68H,4-7,10,13-16,19,23-24,28,32-33,35,38,40,42-44,46,49,51-55,57-58,60-67H2,1-3H3/b11-8-,12-9-,20-17-,21-18-,25-22-,29-26-,30-27-,34-31-,39-36-,41-37-,48-45-,50-47-,59-56-. The van der Waals surface area contributed by atoms with Gasteiger partial charge in [-0.1, -0.05) is 256 Å². The number of carbonyl (C=O) groups excluding carboxylic acids is 3. The van der Waals surface area contributed by atoms with E-state index in [0.717, 1.165) is 122 Å². The molecule has 0 aliphatic heterocycles. The molecule has 0 aliphatic carbocycles. The molecule has 0 saturated heterocycles. The van der Waals surface area contributed by atoms with Crippen molar-refractivity contribution in [3.8, 4) is 0 Å². The topological polar surface area (TPSA) is 78.9 Å². The van der Waals surface area contributed by atoms with E-state index in [1.165, 1.54) is 83.5 Å². The number of esters is 3. The summed E-state index contributed by atoms with van der Waals surface area (Å²) in [5.41, 5.74) is 0. The molecule has 0 aliphatic rings. The van der Waals surface area contributed by atoms with E-state index in [2.05, 4.69) is 167 Å². The van der Waals surface area contributed by atoms with Crippen molar-refractivity contribution in [2.75, 3.05) is 13.2 Å². The van der Waals surface area contributed by atoms with Crippen LogP contribution in [0.4, 0.5) is 0 Å². The molecule has 0 aromatic rings. The third-order valence-electron chi connectivity index (χ3n) is 12.5. The van der Waals surface area contributed by atoms with Gasteiger partial charge < -0.3 is 14.2 Å². The first kappa shape index (κ1) is 72.0.